The molecule has 30 heavy (non-hydrogen) atoms. The highest BCUT2D eigenvalue weighted by molar-refractivity contribution is 5.73. The monoisotopic (exact) mass is 427 g/mol. The van der Waals surface area contributed by atoms with E-state index in [0.717, 1.165) is 25.7 Å². The molecule has 0 rings (SSSR count). The molecule has 0 aliphatic carbocycles. The van der Waals surface area contributed by atoms with Gasteiger partial charge in [0, 0.05) is 12.0 Å². The maximum Gasteiger partial charge on any atom is 0.309 e. The van der Waals surface area contributed by atoms with Crippen LogP contribution < -0.4 is 5.73 Å². The fraction of sp³-hybridized carbons (Fsp3) is 0.920. The molecule has 0 aromatic heterocycles. The van der Waals surface area contributed by atoms with Crippen molar-refractivity contribution in [1.29, 1.82) is 0 Å². The van der Waals surface area contributed by atoms with Crippen molar-refractivity contribution in [2.45, 2.75) is 113 Å². The third-order valence-electron chi connectivity index (χ3n) is 6.97. The standard InChI is InChI=1S/C25H49NO4/c1-11-12-15-30-21(29)19(17-22(2,3)4)24(7,8)23(5,6)16-18(25(9,10)26)13-14-20(27)28/h18-19H,11-17,26H2,1-10H3,(H,27,28). The van der Waals surface area contributed by atoms with Crippen LogP contribution in [0.4, 0.5) is 0 Å². The Kier molecular flexibility index (Phi) is 10.6. The Morgan fingerprint density at radius 1 is 0.967 bits per heavy atom. The number of rotatable bonds is 13. The van der Waals surface area contributed by atoms with Crippen LogP contribution in [0, 0.1) is 28.1 Å². The number of unbranched alkanes of at least 4 members (excludes halogenated alkanes) is 1. The predicted molar refractivity (Wildman–Crippen MR) is 124 cm³/mol. The fourth-order valence-corrected chi connectivity index (χ4v) is 4.05. The van der Waals surface area contributed by atoms with Crippen molar-refractivity contribution in [2.75, 3.05) is 6.61 Å². The highest BCUT2D eigenvalue weighted by Crippen LogP contribution is 2.52. The maximum absolute atomic E-state index is 13.2. The quantitative estimate of drug-likeness (QED) is 0.276. The molecule has 0 saturated carbocycles. The Bertz CT molecular complexity index is 552. The normalized spacial score (nSPS) is 15.6. The van der Waals surface area contributed by atoms with E-state index >= 15 is 0 Å². The Balaban J connectivity index is 5.83. The molecule has 178 valence electrons. The van der Waals surface area contributed by atoms with Gasteiger partial charge in [0.1, 0.15) is 0 Å². The topological polar surface area (TPSA) is 89.6 Å². The molecule has 0 fully saturated rings. The molecule has 0 spiro atoms. The molecule has 0 aliphatic heterocycles. The molecule has 3 N–H and O–H groups in total. The summed E-state index contributed by atoms with van der Waals surface area (Å²) in [5, 5.41) is 9.18. The summed E-state index contributed by atoms with van der Waals surface area (Å²) in [5.74, 6) is -1.13. The van der Waals surface area contributed by atoms with Crippen LogP contribution in [-0.2, 0) is 14.3 Å². The fourth-order valence-electron chi connectivity index (χ4n) is 4.05. The first-order valence-electron chi connectivity index (χ1n) is 11.5. The van der Waals surface area contributed by atoms with E-state index in [9.17, 15) is 14.7 Å². The van der Waals surface area contributed by atoms with Gasteiger partial charge in [-0.05, 0) is 61.7 Å². The zero-order valence-corrected chi connectivity index (χ0v) is 21.4. The second-order valence-corrected chi connectivity index (χ2v) is 12.1. The zero-order chi connectivity index (χ0) is 24.0. The van der Waals surface area contributed by atoms with Gasteiger partial charge in [0.05, 0.1) is 12.5 Å². The highest BCUT2D eigenvalue weighted by Gasteiger charge is 2.49. The lowest BCUT2D eigenvalue weighted by atomic mass is 9.55. The van der Waals surface area contributed by atoms with E-state index in [0.29, 0.717) is 13.0 Å². The van der Waals surface area contributed by atoms with Crippen LogP contribution in [0.15, 0.2) is 0 Å². The second-order valence-electron chi connectivity index (χ2n) is 12.1. The molecule has 0 bridgehead atoms. The summed E-state index contributed by atoms with van der Waals surface area (Å²) >= 11 is 0. The minimum Gasteiger partial charge on any atom is -0.481 e. The Labute approximate surface area is 185 Å². The van der Waals surface area contributed by atoms with Crippen LogP contribution in [0.2, 0.25) is 0 Å². The van der Waals surface area contributed by atoms with E-state index in [1.165, 1.54) is 0 Å². The van der Waals surface area contributed by atoms with Gasteiger partial charge in [0.15, 0.2) is 0 Å². The van der Waals surface area contributed by atoms with E-state index in [-0.39, 0.29) is 40.5 Å². The summed E-state index contributed by atoms with van der Waals surface area (Å²) in [7, 11) is 0. The van der Waals surface area contributed by atoms with Crippen molar-refractivity contribution < 1.29 is 19.4 Å². The highest BCUT2D eigenvalue weighted by atomic mass is 16.5. The maximum atomic E-state index is 13.2. The van der Waals surface area contributed by atoms with Crippen molar-refractivity contribution >= 4 is 11.9 Å². The van der Waals surface area contributed by atoms with E-state index in [1.54, 1.807) is 0 Å². The average Bonchev–Trinajstić information content (AvgIpc) is 2.54. The molecule has 0 saturated heterocycles. The number of carbonyl (C=O) groups excluding carboxylic acids is 1. The lowest BCUT2D eigenvalue weighted by Crippen LogP contribution is -2.49. The lowest BCUT2D eigenvalue weighted by molar-refractivity contribution is -0.159. The SMILES string of the molecule is CCCCOC(=O)C(CC(C)(C)C)C(C)(C)C(C)(C)CC(CCC(=O)O)C(C)(C)N. The average molecular weight is 428 g/mol. The van der Waals surface area contributed by atoms with Crippen molar-refractivity contribution in [1.82, 2.24) is 0 Å². The molecule has 0 aliphatic rings. The molecular weight excluding hydrogens is 378 g/mol. The number of aliphatic carboxylic acids is 1. The minimum absolute atomic E-state index is 0.0162. The number of nitrogens with two attached hydrogens (primary N) is 1. The number of hydrogen-bond donors (Lipinski definition) is 2. The molecule has 5 heteroatoms. The summed E-state index contributed by atoms with van der Waals surface area (Å²) in [6, 6.07) is 0. The molecule has 2 atom stereocenters. The molecular formula is C25H49NO4. The van der Waals surface area contributed by atoms with Crippen molar-refractivity contribution in [2.24, 2.45) is 33.8 Å². The number of carboxylic acids is 1. The summed E-state index contributed by atoms with van der Waals surface area (Å²) in [6.45, 7) is 21.6. The van der Waals surface area contributed by atoms with Gasteiger partial charge in [-0.15, -0.1) is 0 Å². The van der Waals surface area contributed by atoms with Gasteiger partial charge in [-0.3, -0.25) is 9.59 Å². The van der Waals surface area contributed by atoms with E-state index in [1.807, 2.05) is 13.8 Å². The second kappa shape index (κ2) is 11.0. The van der Waals surface area contributed by atoms with Gasteiger partial charge >= 0.3 is 11.9 Å². The van der Waals surface area contributed by atoms with Crippen molar-refractivity contribution in [3.8, 4) is 0 Å². The summed E-state index contributed by atoms with van der Waals surface area (Å²) in [6.07, 6.45) is 3.98. The summed E-state index contributed by atoms with van der Waals surface area (Å²) < 4.78 is 5.68. The van der Waals surface area contributed by atoms with E-state index < -0.39 is 11.5 Å². The molecule has 5 nitrogen and oxygen atoms in total. The first kappa shape index (κ1) is 28.9. The first-order valence-corrected chi connectivity index (χ1v) is 11.5. The third-order valence-corrected chi connectivity index (χ3v) is 6.97. The van der Waals surface area contributed by atoms with Crippen LogP contribution in [0.3, 0.4) is 0 Å². The Hall–Kier alpha value is -1.10. The van der Waals surface area contributed by atoms with Gasteiger partial charge in [-0.25, -0.2) is 0 Å². The van der Waals surface area contributed by atoms with Gasteiger partial charge in [-0.1, -0.05) is 61.8 Å². The Morgan fingerprint density at radius 2 is 1.50 bits per heavy atom. The zero-order valence-electron chi connectivity index (χ0n) is 21.4. The van der Waals surface area contributed by atoms with E-state index in [4.69, 9.17) is 10.5 Å². The largest absolute Gasteiger partial charge is 0.481 e. The van der Waals surface area contributed by atoms with Crippen molar-refractivity contribution in [3.05, 3.63) is 0 Å². The van der Waals surface area contributed by atoms with Gasteiger partial charge in [-0.2, -0.15) is 0 Å². The molecule has 0 radical (unpaired) electrons. The minimum atomic E-state index is -0.800. The number of carbonyl (C=O) groups is 2. The van der Waals surface area contributed by atoms with Gasteiger partial charge < -0.3 is 15.6 Å². The number of ether oxygens (including phenoxy) is 1. The molecule has 2 unspecified atom stereocenters. The molecule has 0 amide bonds. The molecule has 0 heterocycles. The van der Waals surface area contributed by atoms with Crippen LogP contribution in [-0.4, -0.2) is 29.2 Å². The van der Waals surface area contributed by atoms with Crippen LogP contribution in [0.5, 0.6) is 0 Å². The van der Waals surface area contributed by atoms with Gasteiger partial charge in [0.2, 0.25) is 0 Å². The molecule has 0 aromatic carbocycles. The number of carboxylic acid groups (broad SMARTS) is 1. The summed E-state index contributed by atoms with van der Waals surface area (Å²) in [4.78, 5) is 24.3. The van der Waals surface area contributed by atoms with E-state index in [2.05, 4.69) is 55.4 Å². The summed E-state index contributed by atoms with van der Waals surface area (Å²) in [5.41, 5.74) is 5.34. The third kappa shape index (κ3) is 9.36. The van der Waals surface area contributed by atoms with Gasteiger partial charge in [0.25, 0.3) is 0 Å². The van der Waals surface area contributed by atoms with Crippen LogP contribution >= 0.6 is 0 Å². The van der Waals surface area contributed by atoms with Crippen LogP contribution in [0.25, 0.3) is 0 Å². The van der Waals surface area contributed by atoms with Crippen LogP contribution in [0.1, 0.15) is 108 Å². The molecule has 0 aromatic rings. The number of esters is 1. The smallest absolute Gasteiger partial charge is 0.309 e. The predicted octanol–water partition coefficient (Wildman–Crippen LogP) is 6.04. The Morgan fingerprint density at radius 3 is 1.90 bits per heavy atom. The lowest BCUT2D eigenvalue weighted by Gasteiger charge is -2.50. The van der Waals surface area contributed by atoms with Crippen molar-refractivity contribution in [3.63, 3.8) is 0 Å². The first-order chi connectivity index (χ1) is 13.3. The number of hydrogen-bond acceptors (Lipinski definition) is 4.